The topological polar surface area (TPSA) is 98.7 Å². The average Bonchev–Trinajstić information content (AvgIpc) is 3.31. The minimum Gasteiger partial charge on any atom is -0.394 e. The van der Waals surface area contributed by atoms with Crippen LogP contribution in [0.1, 0.15) is 33.6 Å². The van der Waals surface area contributed by atoms with Gasteiger partial charge in [-0.3, -0.25) is 14.4 Å². The van der Waals surface area contributed by atoms with Crippen LogP contribution in [0.15, 0.2) is 24.3 Å². The van der Waals surface area contributed by atoms with Gasteiger partial charge in [0.15, 0.2) is 0 Å². The molecular formula is C23H30ClN3O4S. The molecule has 0 radical (unpaired) electrons. The minimum absolute atomic E-state index is 0.0639. The number of likely N-dealkylation sites (tertiary alicyclic amines) is 1. The molecule has 3 amide bonds. The van der Waals surface area contributed by atoms with Crippen LogP contribution in [0.5, 0.6) is 0 Å². The molecule has 0 aliphatic carbocycles. The minimum atomic E-state index is -0.808. The summed E-state index contributed by atoms with van der Waals surface area (Å²) in [4.78, 5) is 42.2. The smallest absolute Gasteiger partial charge is 0.248 e. The second-order valence-electron chi connectivity index (χ2n) is 9.55. The van der Waals surface area contributed by atoms with Gasteiger partial charge in [-0.1, -0.05) is 37.6 Å². The third kappa shape index (κ3) is 3.25. The van der Waals surface area contributed by atoms with Gasteiger partial charge in [-0.2, -0.15) is 0 Å². The Morgan fingerprint density at radius 1 is 1.28 bits per heavy atom. The van der Waals surface area contributed by atoms with E-state index in [1.54, 1.807) is 48.0 Å². The fourth-order valence-corrected chi connectivity index (χ4v) is 8.49. The maximum atomic E-state index is 13.9. The van der Waals surface area contributed by atoms with E-state index in [0.29, 0.717) is 17.1 Å². The zero-order chi connectivity index (χ0) is 23.4. The molecule has 7 nitrogen and oxygen atoms in total. The SMILES string of the molecule is CNC(=O)[C@H]1[C@H]2C(=O)N([C@@H](CO)C(C)C)C(C(=O)Nc3ccccc3Cl)C23CC[C@]1(C)S3. The molecule has 1 aromatic rings. The summed E-state index contributed by atoms with van der Waals surface area (Å²) in [6, 6.07) is 5.64. The van der Waals surface area contributed by atoms with Crippen molar-refractivity contribution in [1.29, 1.82) is 0 Å². The molecule has 6 atom stereocenters. The highest BCUT2D eigenvalue weighted by Gasteiger charge is 2.77. The van der Waals surface area contributed by atoms with Gasteiger partial charge in [0.2, 0.25) is 17.7 Å². The first-order valence-corrected chi connectivity index (χ1v) is 12.2. The Balaban J connectivity index is 1.81. The second kappa shape index (κ2) is 8.22. The third-order valence-electron chi connectivity index (χ3n) is 7.44. The van der Waals surface area contributed by atoms with E-state index in [9.17, 15) is 19.5 Å². The number of aliphatic hydroxyl groups is 1. The van der Waals surface area contributed by atoms with E-state index in [1.807, 2.05) is 20.8 Å². The maximum absolute atomic E-state index is 13.9. The zero-order valence-electron chi connectivity index (χ0n) is 18.7. The molecule has 2 bridgehead atoms. The van der Waals surface area contributed by atoms with Gasteiger partial charge in [-0.25, -0.2) is 0 Å². The van der Waals surface area contributed by atoms with Crippen LogP contribution in [0.4, 0.5) is 5.69 Å². The summed E-state index contributed by atoms with van der Waals surface area (Å²) < 4.78 is -1.14. The van der Waals surface area contributed by atoms with Crippen molar-refractivity contribution >= 4 is 46.8 Å². The number of anilines is 1. The number of fused-ring (bicyclic) bond motifs is 1. The van der Waals surface area contributed by atoms with E-state index in [-0.39, 0.29) is 30.2 Å². The zero-order valence-corrected chi connectivity index (χ0v) is 20.3. The fraction of sp³-hybridized carbons (Fsp3) is 0.609. The van der Waals surface area contributed by atoms with E-state index >= 15 is 0 Å². The average molecular weight is 480 g/mol. The number of carbonyl (C=O) groups is 3. The van der Waals surface area contributed by atoms with Gasteiger partial charge >= 0.3 is 0 Å². The van der Waals surface area contributed by atoms with Crippen molar-refractivity contribution in [2.45, 2.75) is 55.2 Å². The van der Waals surface area contributed by atoms with E-state index in [1.165, 1.54) is 0 Å². The molecule has 3 fully saturated rings. The summed E-state index contributed by atoms with van der Waals surface area (Å²) in [6.45, 7) is 5.61. The summed E-state index contributed by atoms with van der Waals surface area (Å²) >= 11 is 7.88. The Morgan fingerprint density at radius 2 is 1.97 bits per heavy atom. The number of nitrogens with zero attached hydrogens (tertiary/aromatic N) is 1. The first-order valence-electron chi connectivity index (χ1n) is 11.0. The number of benzene rings is 1. The Kier molecular flexibility index (Phi) is 6.01. The lowest BCUT2D eigenvalue weighted by Crippen LogP contribution is -2.56. The van der Waals surface area contributed by atoms with Gasteiger partial charge in [0.05, 0.1) is 39.9 Å². The summed E-state index contributed by atoms with van der Waals surface area (Å²) in [7, 11) is 1.58. The molecule has 2 unspecified atom stereocenters. The van der Waals surface area contributed by atoms with E-state index in [0.717, 1.165) is 6.42 Å². The summed E-state index contributed by atoms with van der Waals surface area (Å²) in [5.74, 6) is -1.92. The monoisotopic (exact) mass is 479 g/mol. The van der Waals surface area contributed by atoms with Crippen molar-refractivity contribution < 1.29 is 19.5 Å². The molecule has 0 aromatic heterocycles. The summed E-state index contributed by atoms with van der Waals surface area (Å²) in [5, 5.41) is 16.2. The lowest BCUT2D eigenvalue weighted by molar-refractivity contribution is -0.143. The van der Waals surface area contributed by atoms with Crippen LogP contribution < -0.4 is 10.6 Å². The Labute approximate surface area is 197 Å². The van der Waals surface area contributed by atoms with Crippen molar-refractivity contribution in [3.05, 3.63) is 29.3 Å². The second-order valence-corrected chi connectivity index (χ2v) is 11.9. The van der Waals surface area contributed by atoms with E-state index < -0.39 is 33.4 Å². The third-order valence-corrected chi connectivity index (χ3v) is 9.75. The van der Waals surface area contributed by atoms with Gasteiger partial charge in [-0.15, -0.1) is 11.8 Å². The van der Waals surface area contributed by atoms with Crippen LogP contribution in [0.3, 0.4) is 0 Å². The molecule has 3 aliphatic heterocycles. The Morgan fingerprint density at radius 3 is 2.56 bits per heavy atom. The number of rotatable bonds is 6. The molecule has 3 N–H and O–H groups in total. The summed E-state index contributed by atoms with van der Waals surface area (Å²) in [5.41, 5.74) is 0.475. The number of halogens is 1. The van der Waals surface area contributed by atoms with Crippen LogP contribution >= 0.6 is 23.4 Å². The molecular weight excluding hydrogens is 450 g/mol. The molecule has 0 saturated carbocycles. The normalized spacial score (nSPS) is 34.0. The molecule has 174 valence electrons. The van der Waals surface area contributed by atoms with Crippen molar-refractivity contribution in [1.82, 2.24) is 10.2 Å². The number of nitrogens with one attached hydrogen (secondary N) is 2. The fourth-order valence-electron chi connectivity index (χ4n) is 5.96. The molecule has 1 spiro atoms. The molecule has 3 aliphatic rings. The lowest BCUT2D eigenvalue weighted by atomic mass is 9.66. The first kappa shape index (κ1) is 23.4. The van der Waals surface area contributed by atoms with Gasteiger partial charge in [-0.05, 0) is 37.8 Å². The van der Waals surface area contributed by atoms with E-state index in [4.69, 9.17) is 11.6 Å². The van der Waals surface area contributed by atoms with Crippen molar-refractivity contribution in [3.63, 3.8) is 0 Å². The van der Waals surface area contributed by atoms with Crippen LogP contribution in [-0.2, 0) is 14.4 Å². The maximum Gasteiger partial charge on any atom is 0.248 e. The largest absolute Gasteiger partial charge is 0.394 e. The number of thioether (sulfide) groups is 1. The van der Waals surface area contributed by atoms with Gasteiger partial charge in [0.25, 0.3) is 0 Å². The van der Waals surface area contributed by atoms with Gasteiger partial charge < -0.3 is 20.6 Å². The number of carbonyl (C=O) groups excluding carboxylic acids is 3. The van der Waals surface area contributed by atoms with Crippen LogP contribution in [-0.4, -0.2) is 63.0 Å². The van der Waals surface area contributed by atoms with Crippen molar-refractivity contribution in [2.24, 2.45) is 17.8 Å². The van der Waals surface area contributed by atoms with Crippen molar-refractivity contribution in [2.75, 3.05) is 19.0 Å². The number of hydrogen-bond acceptors (Lipinski definition) is 5. The first-order chi connectivity index (χ1) is 15.1. The van der Waals surface area contributed by atoms with Crippen LogP contribution in [0, 0.1) is 17.8 Å². The summed E-state index contributed by atoms with van der Waals surface area (Å²) in [6.07, 6.45) is 1.40. The van der Waals surface area contributed by atoms with Crippen LogP contribution in [0.25, 0.3) is 0 Å². The molecule has 4 rings (SSSR count). The van der Waals surface area contributed by atoms with Gasteiger partial charge in [0.1, 0.15) is 6.04 Å². The highest BCUT2D eigenvalue weighted by Crippen LogP contribution is 2.71. The molecule has 9 heteroatoms. The molecule has 3 saturated heterocycles. The molecule has 1 aromatic carbocycles. The lowest BCUT2D eigenvalue weighted by Gasteiger charge is -2.38. The standard InChI is InChI=1S/C23H30ClN3O4S/c1-12(2)15(11-28)27-18(20(30)26-14-8-6-5-7-13(14)24)23-10-9-22(3,32-23)16(19(29)25-4)17(23)21(27)31/h5-8,12,15-18,28H,9-11H2,1-4H3,(H,25,29)(H,26,30)/t15-,16+,17-,18?,22-,23?/m0/s1. The quantitative estimate of drug-likeness (QED) is 0.582. The predicted octanol–water partition coefficient (Wildman–Crippen LogP) is 2.52. The highest BCUT2D eigenvalue weighted by molar-refractivity contribution is 8.02. The number of aliphatic hydroxyl groups excluding tert-OH is 1. The highest BCUT2D eigenvalue weighted by atomic mass is 35.5. The Bertz CT molecular complexity index is 959. The number of amides is 3. The van der Waals surface area contributed by atoms with E-state index in [2.05, 4.69) is 10.6 Å². The number of para-hydroxylation sites is 1. The predicted molar refractivity (Wildman–Crippen MR) is 125 cm³/mol. The molecule has 3 heterocycles. The number of hydrogen-bond donors (Lipinski definition) is 3. The van der Waals surface area contributed by atoms with Gasteiger partial charge in [0, 0.05) is 11.8 Å². The Hall–Kier alpha value is -1.77. The van der Waals surface area contributed by atoms with Crippen LogP contribution in [0.2, 0.25) is 5.02 Å². The molecule has 32 heavy (non-hydrogen) atoms. The van der Waals surface area contributed by atoms with Crippen molar-refractivity contribution in [3.8, 4) is 0 Å².